The van der Waals surface area contributed by atoms with Crippen LogP contribution in [0.5, 0.6) is 17.2 Å². The second-order valence-electron chi connectivity index (χ2n) is 4.51. The number of hydrogen-bond acceptors (Lipinski definition) is 4. The number of nitrogens with two attached hydrogens (primary N) is 1. The molecule has 0 aliphatic heterocycles. The summed E-state index contributed by atoms with van der Waals surface area (Å²) in [5, 5.41) is 0. The summed E-state index contributed by atoms with van der Waals surface area (Å²) >= 11 is 3.49. The average Bonchev–Trinajstić information content (AvgIpc) is 2.34. The van der Waals surface area contributed by atoms with Gasteiger partial charge in [-0.25, -0.2) is 0 Å². The molecule has 0 aromatic heterocycles. The van der Waals surface area contributed by atoms with Gasteiger partial charge in [-0.3, -0.25) is 0 Å². The standard InChI is InChI=1S/C13H18BrNO3/c1-16-9-7-8(14)11(17-2)10(12(9)18-3)13(15)5-4-6-13/h7H,4-6,15H2,1-3H3. The van der Waals surface area contributed by atoms with Crippen molar-refractivity contribution in [3.63, 3.8) is 0 Å². The topological polar surface area (TPSA) is 53.7 Å². The summed E-state index contributed by atoms with van der Waals surface area (Å²) in [6, 6.07) is 1.84. The summed E-state index contributed by atoms with van der Waals surface area (Å²) in [5.41, 5.74) is 6.95. The molecule has 2 N–H and O–H groups in total. The Morgan fingerprint density at radius 1 is 1.11 bits per heavy atom. The monoisotopic (exact) mass is 315 g/mol. The molecule has 100 valence electrons. The molecule has 4 nitrogen and oxygen atoms in total. The zero-order valence-corrected chi connectivity index (χ0v) is 12.5. The van der Waals surface area contributed by atoms with Gasteiger partial charge in [0.15, 0.2) is 11.5 Å². The zero-order chi connectivity index (χ0) is 13.3. The molecule has 1 fully saturated rings. The van der Waals surface area contributed by atoms with E-state index in [4.69, 9.17) is 19.9 Å². The lowest BCUT2D eigenvalue weighted by Crippen LogP contribution is -2.44. The van der Waals surface area contributed by atoms with E-state index in [1.165, 1.54) is 0 Å². The maximum atomic E-state index is 6.43. The molecule has 18 heavy (non-hydrogen) atoms. The largest absolute Gasteiger partial charge is 0.495 e. The van der Waals surface area contributed by atoms with Crippen LogP contribution < -0.4 is 19.9 Å². The van der Waals surface area contributed by atoms with Crippen molar-refractivity contribution in [1.82, 2.24) is 0 Å². The van der Waals surface area contributed by atoms with E-state index < -0.39 is 0 Å². The predicted molar refractivity (Wildman–Crippen MR) is 73.5 cm³/mol. The Morgan fingerprint density at radius 3 is 2.11 bits per heavy atom. The minimum atomic E-state index is -0.381. The molecule has 1 saturated carbocycles. The van der Waals surface area contributed by atoms with Gasteiger partial charge in [-0.2, -0.15) is 0 Å². The van der Waals surface area contributed by atoms with Gasteiger partial charge in [0.1, 0.15) is 5.75 Å². The van der Waals surface area contributed by atoms with Crippen LogP contribution in [0.25, 0.3) is 0 Å². The molecule has 1 aromatic carbocycles. The van der Waals surface area contributed by atoms with Crippen LogP contribution in [0.15, 0.2) is 10.5 Å². The quantitative estimate of drug-likeness (QED) is 0.928. The van der Waals surface area contributed by atoms with Gasteiger partial charge >= 0.3 is 0 Å². The van der Waals surface area contributed by atoms with E-state index in [0.29, 0.717) is 11.5 Å². The smallest absolute Gasteiger partial charge is 0.169 e. The normalized spacial score (nSPS) is 16.9. The van der Waals surface area contributed by atoms with E-state index >= 15 is 0 Å². The molecule has 0 heterocycles. The highest BCUT2D eigenvalue weighted by Gasteiger charge is 2.41. The fraction of sp³-hybridized carbons (Fsp3) is 0.538. The van der Waals surface area contributed by atoms with Crippen LogP contribution >= 0.6 is 15.9 Å². The maximum Gasteiger partial charge on any atom is 0.169 e. The number of benzene rings is 1. The van der Waals surface area contributed by atoms with Crippen LogP contribution in [0.1, 0.15) is 24.8 Å². The van der Waals surface area contributed by atoms with Crippen LogP contribution in [-0.4, -0.2) is 21.3 Å². The molecule has 1 aliphatic rings. The van der Waals surface area contributed by atoms with E-state index in [2.05, 4.69) is 15.9 Å². The molecule has 0 radical (unpaired) electrons. The van der Waals surface area contributed by atoms with Gasteiger partial charge in [0.2, 0.25) is 0 Å². The van der Waals surface area contributed by atoms with Crippen molar-refractivity contribution >= 4 is 15.9 Å². The molecule has 0 unspecified atom stereocenters. The summed E-state index contributed by atoms with van der Waals surface area (Å²) < 4.78 is 17.1. The first-order valence-electron chi connectivity index (χ1n) is 5.85. The van der Waals surface area contributed by atoms with Crippen LogP contribution in [0.2, 0.25) is 0 Å². The second kappa shape index (κ2) is 4.97. The SMILES string of the molecule is COc1cc(Br)c(OC)c(C2(N)CCC2)c1OC. The molecule has 1 aliphatic carbocycles. The number of halogens is 1. The van der Waals surface area contributed by atoms with E-state index in [1.54, 1.807) is 21.3 Å². The summed E-state index contributed by atoms with van der Waals surface area (Å²) in [7, 11) is 4.87. The summed E-state index contributed by atoms with van der Waals surface area (Å²) in [5.74, 6) is 2.06. The molecule has 2 rings (SSSR count). The third kappa shape index (κ3) is 1.95. The number of hydrogen-bond donors (Lipinski definition) is 1. The van der Waals surface area contributed by atoms with Crippen molar-refractivity contribution in [2.24, 2.45) is 5.73 Å². The van der Waals surface area contributed by atoms with E-state index in [0.717, 1.165) is 35.0 Å². The second-order valence-corrected chi connectivity index (χ2v) is 5.37. The first-order chi connectivity index (χ1) is 8.57. The van der Waals surface area contributed by atoms with Gasteiger partial charge in [0.05, 0.1) is 31.4 Å². The number of rotatable bonds is 4. The van der Waals surface area contributed by atoms with Crippen LogP contribution in [0.4, 0.5) is 0 Å². The molecule has 0 atom stereocenters. The average molecular weight is 316 g/mol. The zero-order valence-electron chi connectivity index (χ0n) is 10.9. The van der Waals surface area contributed by atoms with Crippen molar-refractivity contribution in [1.29, 1.82) is 0 Å². The summed E-state index contributed by atoms with van der Waals surface area (Å²) in [6.45, 7) is 0. The first-order valence-corrected chi connectivity index (χ1v) is 6.64. The first kappa shape index (κ1) is 13.5. The molecular formula is C13H18BrNO3. The lowest BCUT2D eigenvalue weighted by molar-refractivity contribution is 0.230. The van der Waals surface area contributed by atoms with Crippen molar-refractivity contribution < 1.29 is 14.2 Å². The van der Waals surface area contributed by atoms with Gasteiger partial charge in [0, 0.05) is 11.6 Å². The van der Waals surface area contributed by atoms with Crippen LogP contribution in [0.3, 0.4) is 0 Å². The fourth-order valence-electron chi connectivity index (χ4n) is 2.41. The predicted octanol–water partition coefficient (Wildman–Crippen LogP) is 2.81. The Morgan fingerprint density at radius 2 is 1.72 bits per heavy atom. The molecule has 1 aromatic rings. The van der Waals surface area contributed by atoms with Crippen molar-refractivity contribution in [3.05, 3.63) is 16.1 Å². The third-order valence-corrected chi connectivity index (χ3v) is 4.11. The third-order valence-electron chi connectivity index (χ3n) is 3.52. The minimum absolute atomic E-state index is 0.381. The molecule has 0 spiro atoms. The molecule has 0 bridgehead atoms. The Kier molecular flexibility index (Phi) is 3.73. The maximum absolute atomic E-state index is 6.43. The van der Waals surface area contributed by atoms with Gasteiger partial charge in [0.25, 0.3) is 0 Å². The molecule has 0 saturated heterocycles. The lowest BCUT2D eigenvalue weighted by atomic mass is 9.72. The molecule has 5 heteroatoms. The van der Waals surface area contributed by atoms with Crippen molar-refractivity contribution in [2.45, 2.75) is 24.8 Å². The van der Waals surface area contributed by atoms with E-state index in [-0.39, 0.29) is 5.54 Å². The van der Waals surface area contributed by atoms with Gasteiger partial charge < -0.3 is 19.9 Å². The van der Waals surface area contributed by atoms with Gasteiger partial charge in [-0.05, 0) is 35.2 Å². The van der Waals surface area contributed by atoms with Crippen molar-refractivity contribution in [3.8, 4) is 17.2 Å². The lowest BCUT2D eigenvalue weighted by Gasteiger charge is -2.40. The number of methoxy groups -OCH3 is 3. The fourth-order valence-corrected chi connectivity index (χ4v) is 2.97. The van der Waals surface area contributed by atoms with Crippen LogP contribution in [0, 0.1) is 0 Å². The van der Waals surface area contributed by atoms with Gasteiger partial charge in [-0.1, -0.05) is 0 Å². The van der Waals surface area contributed by atoms with Gasteiger partial charge in [-0.15, -0.1) is 0 Å². The molecule has 0 amide bonds. The summed E-state index contributed by atoms with van der Waals surface area (Å²) in [6.07, 6.45) is 2.98. The number of ether oxygens (including phenoxy) is 3. The highest BCUT2D eigenvalue weighted by molar-refractivity contribution is 9.10. The Labute approximate surface area is 116 Å². The van der Waals surface area contributed by atoms with Crippen LogP contribution in [-0.2, 0) is 5.54 Å². The van der Waals surface area contributed by atoms with E-state index in [1.807, 2.05) is 6.07 Å². The summed E-state index contributed by atoms with van der Waals surface area (Å²) in [4.78, 5) is 0. The minimum Gasteiger partial charge on any atom is -0.495 e. The highest BCUT2D eigenvalue weighted by atomic mass is 79.9. The molecular weight excluding hydrogens is 298 g/mol. The Hall–Kier alpha value is -0.940. The van der Waals surface area contributed by atoms with Crippen molar-refractivity contribution in [2.75, 3.05) is 21.3 Å². The Bertz CT molecular complexity index is 458. The Balaban J connectivity index is 2.68. The van der Waals surface area contributed by atoms with E-state index in [9.17, 15) is 0 Å². The highest BCUT2D eigenvalue weighted by Crippen LogP contribution is 2.52.